The van der Waals surface area contributed by atoms with Crippen molar-refractivity contribution in [3.63, 3.8) is 0 Å². The van der Waals surface area contributed by atoms with Gasteiger partial charge in [0.15, 0.2) is 11.5 Å². The first-order chi connectivity index (χ1) is 11.1. The van der Waals surface area contributed by atoms with Crippen LogP contribution in [0.25, 0.3) is 0 Å². The van der Waals surface area contributed by atoms with Gasteiger partial charge in [0.2, 0.25) is 6.35 Å². The normalized spacial score (nSPS) is 28.2. The van der Waals surface area contributed by atoms with E-state index in [1.165, 1.54) is 19.3 Å². The van der Waals surface area contributed by atoms with Gasteiger partial charge in [-0.1, -0.05) is 6.42 Å². The summed E-state index contributed by atoms with van der Waals surface area (Å²) in [5.41, 5.74) is 0.614. The fraction of sp³-hybridized carbons (Fsp3) is 0.750. The van der Waals surface area contributed by atoms with Crippen LogP contribution in [0.4, 0.5) is 5.82 Å². The molecule has 126 valence electrons. The Kier molecular flexibility index (Phi) is 3.77. The van der Waals surface area contributed by atoms with E-state index < -0.39 is 6.35 Å². The predicted octanol–water partition coefficient (Wildman–Crippen LogP) is 0.888. The van der Waals surface area contributed by atoms with Crippen LogP contribution in [0.1, 0.15) is 36.2 Å². The first kappa shape index (κ1) is 15.0. The molecule has 3 heterocycles. The zero-order valence-corrected chi connectivity index (χ0v) is 13.5. The molecule has 1 saturated heterocycles. The molecule has 4 rings (SSSR count). The van der Waals surface area contributed by atoms with Crippen LogP contribution in [-0.4, -0.2) is 58.6 Å². The van der Waals surface area contributed by atoms with Crippen molar-refractivity contribution in [2.24, 2.45) is 11.8 Å². The van der Waals surface area contributed by atoms with Gasteiger partial charge in [-0.25, -0.2) is 4.98 Å². The molecule has 1 amide bonds. The average molecular weight is 320 g/mol. The number of anilines is 1. The number of aromatic nitrogens is 2. The molecule has 2 atom stereocenters. The zero-order chi connectivity index (χ0) is 16.0. The molecule has 0 bridgehead atoms. The third-order valence-corrected chi connectivity index (χ3v) is 5.40. The zero-order valence-electron chi connectivity index (χ0n) is 13.5. The van der Waals surface area contributed by atoms with Crippen molar-refractivity contribution in [2.75, 3.05) is 31.7 Å². The Balaban J connectivity index is 1.59. The van der Waals surface area contributed by atoms with Crippen LogP contribution in [0, 0.1) is 11.8 Å². The fourth-order valence-corrected chi connectivity index (χ4v) is 3.68. The lowest BCUT2D eigenvalue weighted by Gasteiger charge is -2.40. The first-order valence-electron chi connectivity index (χ1n) is 8.50. The SMILES string of the molecule is CN1c2ncn(CC3CCC3)c2C(=O)N(CC2CCOC2)C1O. The van der Waals surface area contributed by atoms with E-state index in [2.05, 4.69) is 4.98 Å². The number of hydrogen-bond acceptors (Lipinski definition) is 5. The second kappa shape index (κ2) is 5.79. The molecule has 0 radical (unpaired) electrons. The van der Waals surface area contributed by atoms with E-state index in [0.717, 1.165) is 19.6 Å². The van der Waals surface area contributed by atoms with Crippen LogP contribution >= 0.6 is 0 Å². The molecule has 2 unspecified atom stereocenters. The van der Waals surface area contributed by atoms with Crippen LogP contribution in [0.15, 0.2) is 6.33 Å². The van der Waals surface area contributed by atoms with E-state index in [9.17, 15) is 9.90 Å². The van der Waals surface area contributed by atoms with Crippen LogP contribution in [0.3, 0.4) is 0 Å². The summed E-state index contributed by atoms with van der Waals surface area (Å²) >= 11 is 0. The lowest BCUT2D eigenvalue weighted by molar-refractivity contribution is -0.00415. The Labute approximate surface area is 135 Å². The van der Waals surface area contributed by atoms with Crippen molar-refractivity contribution in [3.8, 4) is 0 Å². The Morgan fingerprint density at radius 3 is 2.78 bits per heavy atom. The number of imidazole rings is 1. The van der Waals surface area contributed by atoms with E-state index >= 15 is 0 Å². The van der Waals surface area contributed by atoms with Crippen molar-refractivity contribution in [1.29, 1.82) is 0 Å². The van der Waals surface area contributed by atoms with E-state index in [0.29, 0.717) is 36.5 Å². The minimum Gasteiger partial charge on any atom is -0.381 e. The van der Waals surface area contributed by atoms with Crippen molar-refractivity contribution in [3.05, 3.63) is 12.0 Å². The van der Waals surface area contributed by atoms with Gasteiger partial charge in [0.1, 0.15) is 0 Å². The smallest absolute Gasteiger partial charge is 0.277 e. The van der Waals surface area contributed by atoms with E-state index in [1.54, 1.807) is 23.2 Å². The molecule has 0 spiro atoms. The van der Waals surface area contributed by atoms with E-state index in [1.807, 2.05) is 4.57 Å². The summed E-state index contributed by atoms with van der Waals surface area (Å²) in [7, 11) is 1.79. The summed E-state index contributed by atoms with van der Waals surface area (Å²) in [4.78, 5) is 20.6. The van der Waals surface area contributed by atoms with Gasteiger partial charge in [-0.15, -0.1) is 0 Å². The maximum absolute atomic E-state index is 13.0. The highest BCUT2D eigenvalue weighted by Crippen LogP contribution is 2.33. The number of rotatable bonds is 4. The van der Waals surface area contributed by atoms with Gasteiger partial charge in [0.25, 0.3) is 5.91 Å². The molecule has 7 nitrogen and oxygen atoms in total. The Hall–Kier alpha value is -1.60. The molecule has 1 aromatic heterocycles. The van der Waals surface area contributed by atoms with Crippen LogP contribution in [-0.2, 0) is 11.3 Å². The van der Waals surface area contributed by atoms with Gasteiger partial charge in [0, 0.05) is 32.7 Å². The predicted molar refractivity (Wildman–Crippen MR) is 83.9 cm³/mol. The highest BCUT2D eigenvalue weighted by Gasteiger charge is 2.40. The van der Waals surface area contributed by atoms with Gasteiger partial charge in [0.05, 0.1) is 12.9 Å². The summed E-state index contributed by atoms with van der Waals surface area (Å²) in [6.45, 7) is 2.77. The minimum absolute atomic E-state index is 0.116. The maximum atomic E-state index is 13.0. The topological polar surface area (TPSA) is 70.8 Å². The number of amides is 1. The maximum Gasteiger partial charge on any atom is 0.277 e. The number of carbonyl (C=O) groups is 1. The molecule has 3 aliphatic rings. The van der Waals surface area contributed by atoms with Gasteiger partial charge in [-0.3, -0.25) is 9.69 Å². The fourth-order valence-electron chi connectivity index (χ4n) is 3.68. The Morgan fingerprint density at radius 2 is 2.13 bits per heavy atom. The number of ether oxygens (including phenoxy) is 1. The van der Waals surface area contributed by atoms with Crippen molar-refractivity contribution in [2.45, 2.75) is 38.6 Å². The number of fused-ring (bicyclic) bond motifs is 1. The lowest BCUT2D eigenvalue weighted by Crippen LogP contribution is -2.55. The standard InChI is InChI=1S/C16H24N4O3/c1-18-14-13(19(10-17-14)7-11-3-2-4-11)15(21)20(16(18)22)8-12-5-6-23-9-12/h10-12,16,22H,2-9H2,1H3. The first-order valence-corrected chi connectivity index (χ1v) is 8.50. The molecule has 1 saturated carbocycles. The minimum atomic E-state index is -0.956. The molecule has 2 fully saturated rings. The van der Waals surface area contributed by atoms with Crippen LogP contribution in [0.2, 0.25) is 0 Å². The van der Waals surface area contributed by atoms with Gasteiger partial charge in [-0.2, -0.15) is 0 Å². The molecule has 23 heavy (non-hydrogen) atoms. The summed E-state index contributed by atoms with van der Waals surface area (Å²) < 4.78 is 7.37. The van der Waals surface area contributed by atoms with Gasteiger partial charge < -0.3 is 19.3 Å². The molecule has 1 aliphatic carbocycles. The molecule has 2 aliphatic heterocycles. The van der Waals surface area contributed by atoms with Gasteiger partial charge >= 0.3 is 0 Å². The van der Waals surface area contributed by atoms with Crippen molar-refractivity contribution in [1.82, 2.24) is 14.5 Å². The van der Waals surface area contributed by atoms with Crippen LogP contribution < -0.4 is 4.90 Å². The summed E-state index contributed by atoms with van der Waals surface area (Å²) in [5, 5.41) is 10.5. The summed E-state index contributed by atoms with van der Waals surface area (Å²) in [5.74, 6) is 1.41. The number of carbonyl (C=O) groups excluding carboxylic acids is 1. The average Bonchev–Trinajstić information content (AvgIpc) is 3.14. The molecule has 7 heteroatoms. The largest absolute Gasteiger partial charge is 0.381 e. The molecule has 1 N–H and O–H groups in total. The lowest BCUT2D eigenvalue weighted by atomic mass is 9.85. The third-order valence-electron chi connectivity index (χ3n) is 5.40. The van der Waals surface area contributed by atoms with E-state index in [4.69, 9.17) is 4.74 Å². The monoisotopic (exact) mass is 320 g/mol. The number of aliphatic hydroxyl groups excluding tert-OH is 1. The number of aliphatic hydroxyl groups is 1. The van der Waals surface area contributed by atoms with E-state index in [-0.39, 0.29) is 5.91 Å². The number of hydrogen-bond donors (Lipinski definition) is 1. The second-order valence-corrected chi connectivity index (χ2v) is 7.01. The Morgan fingerprint density at radius 1 is 1.30 bits per heavy atom. The Bertz CT molecular complexity index is 592. The van der Waals surface area contributed by atoms with Crippen LogP contribution in [0.5, 0.6) is 0 Å². The van der Waals surface area contributed by atoms with Gasteiger partial charge in [-0.05, 0) is 25.2 Å². The molecular formula is C16H24N4O3. The highest BCUT2D eigenvalue weighted by molar-refractivity contribution is 5.99. The molecule has 1 aromatic rings. The molecular weight excluding hydrogens is 296 g/mol. The van der Waals surface area contributed by atoms with Crippen molar-refractivity contribution >= 4 is 11.7 Å². The highest BCUT2D eigenvalue weighted by atomic mass is 16.5. The second-order valence-electron chi connectivity index (χ2n) is 7.01. The summed E-state index contributed by atoms with van der Waals surface area (Å²) in [6.07, 6.45) is 5.45. The third kappa shape index (κ3) is 2.52. The quantitative estimate of drug-likeness (QED) is 0.892. The summed E-state index contributed by atoms with van der Waals surface area (Å²) in [6, 6.07) is 0. The van der Waals surface area contributed by atoms with Crippen molar-refractivity contribution < 1.29 is 14.6 Å². The number of nitrogens with zero attached hydrogens (tertiary/aromatic N) is 4. The molecule has 0 aromatic carbocycles.